The Labute approximate surface area is 144 Å². The number of hydrazine groups is 1. The number of nitrogens with one attached hydrogen (secondary N) is 1. The number of aromatic nitrogens is 2. The zero-order valence-electron chi connectivity index (χ0n) is 14.7. The minimum Gasteiger partial charge on any atom is -0.386 e. The second kappa shape index (κ2) is 8.62. The van der Waals surface area contributed by atoms with Crippen LogP contribution in [0.15, 0.2) is 73.5 Å². The summed E-state index contributed by atoms with van der Waals surface area (Å²) in [6.45, 7) is 2.00. The molecule has 5 nitrogen and oxygen atoms in total. The third kappa shape index (κ3) is 4.29. The summed E-state index contributed by atoms with van der Waals surface area (Å²) >= 11 is 0. The SMILES string of the molecule is C/C=C\C=C(/N(C)N(C)/C=C(\NC)c1ccccc1)n1ccnc1. The molecule has 0 spiro atoms. The Bertz CT molecular complexity index is 699. The van der Waals surface area contributed by atoms with Crippen LogP contribution < -0.4 is 5.32 Å². The maximum absolute atomic E-state index is 4.14. The molecule has 0 atom stereocenters. The first kappa shape index (κ1) is 17.4. The molecule has 24 heavy (non-hydrogen) atoms. The van der Waals surface area contributed by atoms with Crippen LogP contribution >= 0.6 is 0 Å². The number of hydrogen-bond donors (Lipinski definition) is 1. The summed E-state index contributed by atoms with van der Waals surface area (Å²) in [4.78, 5) is 4.14. The largest absolute Gasteiger partial charge is 0.386 e. The molecule has 0 radical (unpaired) electrons. The van der Waals surface area contributed by atoms with E-state index < -0.39 is 0 Å². The van der Waals surface area contributed by atoms with E-state index in [9.17, 15) is 0 Å². The van der Waals surface area contributed by atoms with E-state index in [2.05, 4.69) is 33.6 Å². The second-order valence-electron chi connectivity index (χ2n) is 5.28. The Morgan fingerprint density at radius 1 is 1.21 bits per heavy atom. The van der Waals surface area contributed by atoms with Crippen LogP contribution in [0, 0.1) is 0 Å². The highest BCUT2D eigenvalue weighted by molar-refractivity contribution is 5.63. The van der Waals surface area contributed by atoms with Crippen molar-refractivity contribution in [3.63, 3.8) is 0 Å². The van der Waals surface area contributed by atoms with Crippen molar-refractivity contribution in [3.05, 3.63) is 79.0 Å². The lowest BCUT2D eigenvalue weighted by Gasteiger charge is -2.32. The Balaban J connectivity index is 2.29. The average molecular weight is 323 g/mol. The molecule has 0 saturated carbocycles. The lowest BCUT2D eigenvalue weighted by Crippen LogP contribution is -2.33. The summed E-state index contributed by atoms with van der Waals surface area (Å²) in [6.07, 6.45) is 13.6. The van der Waals surface area contributed by atoms with Crippen molar-refractivity contribution in [1.82, 2.24) is 24.9 Å². The fraction of sp³-hybridized carbons (Fsp3) is 0.211. The summed E-state index contributed by atoms with van der Waals surface area (Å²) in [5.41, 5.74) is 2.18. The lowest BCUT2D eigenvalue weighted by molar-refractivity contribution is 0.151. The molecular weight excluding hydrogens is 298 g/mol. The minimum absolute atomic E-state index is 0.993. The minimum atomic E-state index is 0.993. The summed E-state index contributed by atoms with van der Waals surface area (Å²) < 4.78 is 1.98. The van der Waals surface area contributed by atoms with Crippen LogP contribution in [-0.2, 0) is 0 Å². The molecule has 0 saturated heterocycles. The van der Waals surface area contributed by atoms with Gasteiger partial charge in [0.1, 0.15) is 12.1 Å². The van der Waals surface area contributed by atoms with Crippen LogP contribution in [0.3, 0.4) is 0 Å². The molecular formula is C19H25N5. The van der Waals surface area contributed by atoms with E-state index in [1.807, 2.05) is 80.3 Å². The molecule has 1 N–H and O–H groups in total. The molecule has 2 aromatic rings. The topological polar surface area (TPSA) is 36.3 Å². The highest BCUT2D eigenvalue weighted by atomic mass is 15.6. The van der Waals surface area contributed by atoms with Crippen LogP contribution in [0.5, 0.6) is 0 Å². The maximum Gasteiger partial charge on any atom is 0.132 e. The third-order valence-corrected chi connectivity index (χ3v) is 3.68. The molecule has 126 valence electrons. The van der Waals surface area contributed by atoms with Gasteiger partial charge in [-0.2, -0.15) is 0 Å². The third-order valence-electron chi connectivity index (χ3n) is 3.68. The number of imidazole rings is 1. The van der Waals surface area contributed by atoms with Crippen molar-refractivity contribution < 1.29 is 0 Å². The molecule has 0 aliphatic heterocycles. The number of nitrogens with zero attached hydrogens (tertiary/aromatic N) is 4. The number of allylic oxidation sites excluding steroid dienone is 3. The van der Waals surface area contributed by atoms with Gasteiger partial charge in [-0.3, -0.25) is 14.6 Å². The van der Waals surface area contributed by atoms with Crippen molar-refractivity contribution in [3.8, 4) is 0 Å². The summed E-state index contributed by atoms with van der Waals surface area (Å²) in [5, 5.41) is 7.35. The van der Waals surface area contributed by atoms with Crippen LogP contribution in [0.4, 0.5) is 0 Å². The van der Waals surface area contributed by atoms with Crippen LogP contribution in [0.2, 0.25) is 0 Å². The van der Waals surface area contributed by atoms with E-state index >= 15 is 0 Å². The highest BCUT2D eigenvalue weighted by Gasteiger charge is 2.10. The first-order chi connectivity index (χ1) is 11.7. The zero-order chi connectivity index (χ0) is 17.4. The summed E-state index contributed by atoms with van der Waals surface area (Å²) in [5.74, 6) is 0.993. The van der Waals surface area contributed by atoms with Gasteiger partial charge in [-0.1, -0.05) is 42.5 Å². The first-order valence-electron chi connectivity index (χ1n) is 7.90. The molecule has 0 bridgehead atoms. The smallest absolute Gasteiger partial charge is 0.132 e. The van der Waals surface area contributed by atoms with Gasteiger partial charge in [0.05, 0.1) is 5.70 Å². The summed E-state index contributed by atoms with van der Waals surface area (Å²) in [7, 11) is 5.96. The molecule has 0 unspecified atom stereocenters. The van der Waals surface area contributed by atoms with Gasteiger partial charge in [0, 0.05) is 39.7 Å². The molecule has 0 fully saturated rings. The van der Waals surface area contributed by atoms with Gasteiger partial charge < -0.3 is 5.32 Å². The van der Waals surface area contributed by atoms with Gasteiger partial charge >= 0.3 is 0 Å². The van der Waals surface area contributed by atoms with Crippen molar-refractivity contribution in [2.45, 2.75) is 6.92 Å². The molecule has 2 rings (SSSR count). The van der Waals surface area contributed by atoms with E-state index in [0.717, 1.165) is 17.1 Å². The number of hydrogen-bond acceptors (Lipinski definition) is 4. The lowest BCUT2D eigenvalue weighted by atomic mass is 10.2. The van der Waals surface area contributed by atoms with Crippen molar-refractivity contribution >= 4 is 11.5 Å². The van der Waals surface area contributed by atoms with Crippen molar-refractivity contribution in [2.75, 3.05) is 21.1 Å². The molecule has 1 heterocycles. The molecule has 1 aromatic heterocycles. The van der Waals surface area contributed by atoms with E-state index in [-0.39, 0.29) is 0 Å². The Hall–Kier alpha value is -2.95. The molecule has 0 aliphatic carbocycles. The Kier molecular flexibility index (Phi) is 6.25. The van der Waals surface area contributed by atoms with Crippen LogP contribution in [0.1, 0.15) is 12.5 Å². The van der Waals surface area contributed by atoms with Gasteiger partial charge in [-0.15, -0.1) is 0 Å². The van der Waals surface area contributed by atoms with Crippen LogP contribution in [0.25, 0.3) is 11.5 Å². The van der Waals surface area contributed by atoms with E-state index in [0.29, 0.717) is 0 Å². The second-order valence-corrected chi connectivity index (χ2v) is 5.28. The standard InChI is InChI=1S/C19H25N5/c1-5-6-12-19(24-14-13-21-16-24)23(4)22(3)15-18(20-2)17-10-8-7-9-11-17/h5-16,20H,1-4H3/b6-5-,18-15-,19-12+. The van der Waals surface area contributed by atoms with Gasteiger partial charge in [0.25, 0.3) is 0 Å². The Morgan fingerprint density at radius 3 is 2.54 bits per heavy atom. The highest BCUT2D eigenvalue weighted by Crippen LogP contribution is 2.16. The normalized spacial score (nSPS) is 12.5. The fourth-order valence-electron chi connectivity index (χ4n) is 2.27. The van der Waals surface area contributed by atoms with Gasteiger partial charge in [-0.25, -0.2) is 4.98 Å². The fourth-order valence-corrected chi connectivity index (χ4v) is 2.27. The molecule has 1 aromatic carbocycles. The average Bonchev–Trinajstić information content (AvgIpc) is 3.14. The monoisotopic (exact) mass is 323 g/mol. The van der Waals surface area contributed by atoms with Crippen LogP contribution in [-0.4, -0.2) is 40.7 Å². The predicted molar refractivity (Wildman–Crippen MR) is 100 cm³/mol. The summed E-state index contributed by atoms with van der Waals surface area (Å²) in [6, 6.07) is 10.3. The molecule has 0 aliphatic rings. The van der Waals surface area contributed by atoms with Gasteiger partial charge in [-0.05, 0) is 18.6 Å². The Morgan fingerprint density at radius 2 is 1.96 bits per heavy atom. The van der Waals surface area contributed by atoms with Gasteiger partial charge in [0.2, 0.25) is 0 Å². The van der Waals surface area contributed by atoms with Gasteiger partial charge in [0.15, 0.2) is 0 Å². The molecule has 5 heteroatoms. The quantitative estimate of drug-likeness (QED) is 0.627. The zero-order valence-corrected chi connectivity index (χ0v) is 14.7. The number of rotatable bonds is 7. The maximum atomic E-state index is 4.14. The van der Waals surface area contributed by atoms with E-state index in [1.165, 1.54) is 0 Å². The van der Waals surface area contributed by atoms with Crippen molar-refractivity contribution in [1.29, 1.82) is 0 Å². The molecule has 0 amide bonds. The van der Waals surface area contributed by atoms with E-state index in [1.54, 1.807) is 12.5 Å². The van der Waals surface area contributed by atoms with E-state index in [4.69, 9.17) is 0 Å². The predicted octanol–water partition coefficient (Wildman–Crippen LogP) is 3.25. The first-order valence-corrected chi connectivity index (χ1v) is 7.90. The number of benzene rings is 1. The van der Waals surface area contributed by atoms with Crippen molar-refractivity contribution in [2.24, 2.45) is 0 Å².